The first-order chi connectivity index (χ1) is 12.5. The third kappa shape index (κ3) is 4.23. The number of benzene rings is 2. The zero-order chi connectivity index (χ0) is 18.5. The molecule has 26 heavy (non-hydrogen) atoms. The van der Waals surface area contributed by atoms with Crippen LogP contribution in [0, 0.1) is 6.92 Å². The van der Waals surface area contributed by atoms with E-state index in [0.717, 1.165) is 28.8 Å². The highest BCUT2D eigenvalue weighted by Crippen LogP contribution is 2.26. The Morgan fingerprint density at radius 1 is 1.15 bits per heavy atom. The van der Waals surface area contributed by atoms with Crippen LogP contribution >= 0.6 is 11.8 Å². The van der Waals surface area contributed by atoms with Crippen molar-refractivity contribution in [2.75, 3.05) is 0 Å². The van der Waals surface area contributed by atoms with E-state index < -0.39 is 11.2 Å². The van der Waals surface area contributed by atoms with Crippen LogP contribution in [0.25, 0.3) is 5.69 Å². The molecule has 3 aromatic rings. The lowest BCUT2D eigenvalue weighted by atomic mass is 10.2. The normalized spacial score (nSPS) is 11.9. The van der Waals surface area contributed by atoms with Gasteiger partial charge in [0.1, 0.15) is 17.6 Å². The Kier molecular flexibility index (Phi) is 5.58. The standard InChI is InChI=1S/C19H19N3O3S/c1-13-8-10-15(11-9-13)22-17(12-25-16-6-4-3-5-7-16)20-21-19(22)26-14(2)18(23)24/h3-11,14H,12H2,1-2H3,(H,23,24). The first-order valence-electron chi connectivity index (χ1n) is 8.13. The van der Waals surface area contributed by atoms with E-state index in [4.69, 9.17) is 4.74 Å². The summed E-state index contributed by atoms with van der Waals surface area (Å²) in [6.45, 7) is 3.87. The number of carbonyl (C=O) groups is 1. The third-order valence-electron chi connectivity index (χ3n) is 3.73. The number of aryl methyl sites for hydroxylation is 1. The molecule has 6 nitrogen and oxygen atoms in total. The summed E-state index contributed by atoms with van der Waals surface area (Å²) in [6, 6.07) is 17.4. The van der Waals surface area contributed by atoms with Crippen molar-refractivity contribution in [3.8, 4) is 11.4 Å². The van der Waals surface area contributed by atoms with Gasteiger partial charge in [0, 0.05) is 5.69 Å². The number of carboxylic acids is 1. The molecule has 0 aliphatic heterocycles. The Morgan fingerprint density at radius 3 is 2.50 bits per heavy atom. The molecule has 0 spiro atoms. The molecule has 2 aromatic carbocycles. The van der Waals surface area contributed by atoms with Crippen molar-refractivity contribution in [1.82, 2.24) is 14.8 Å². The second-order valence-electron chi connectivity index (χ2n) is 5.77. The second-order valence-corrected chi connectivity index (χ2v) is 7.08. The van der Waals surface area contributed by atoms with Crippen LogP contribution in [-0.4, -0.2) is 31.1 Å². The zero-order valence-corrected chi connectivity index (χ0v) is 15.3. The first-order valence-corrected chi connectivity index (χ1v) is 9.01. The molecule has 3 rings (SSSR count). The number of hydrogen-bond donors (Lipinski definition) is 1. The van der Waals surface area contributed by atoms with Crippen LogP contribution < -0.4 is 4.74 Å². The van der Waals surface area contributed by atoms with Crippen LogP contribution in [0.3, 0.4) is 0 Å². The minimum atomic E-state index is -0.893. The number of aromatic nitrogens is 3. The van der Waals surface area contributed by atoms with Crippen molar-refractivity contribution < 1.29 is 14.6 Å². The van der Waals surface area contributed by atoms with E-state index in [1.165, 1.54) is 0 Å². The predicted octanol–water partition coefficient (Wildman–Crippen LogP) is 3.72. The highest BCUT2D eigenvalue weighted by molar-refractivity contribution is 8.00. The van der Waals surface area contributed by atoms with Crippen molar-refractivity contribution in [2.24, 2.45) is 0 Å². The molecule has 0 fully saturated rings. The fourth-order valence-corrected chi connectivity index (χ4v) is 3.12. The fraction of sp³-hybridized carbons (Fsp3) is 0.211. The molecular weight excluding hydrogens is 350 g/mol. The van der Waals surface area contributed by atoms with E-state index in [2.05, 4.69) is 10.2 Å². The monoisotopic (exact) mass is 369 g/mol. The Balaban J connectivity index is 1.91. The predicted molar refractivity (Wildman–Crippen MR) is 99.8 cm³/mol. The number of aliphatic carboxylic acids is 1. The minimum Gasteiger partial charge on any atom is -0.486 e. The molecule has 0 aliphatic rings. The summed E-state index contributed by atoms with van der Waals surface area (Å²) in [5, 5.41) is 17.5. The van der Waals surface area contributed by atoms with Crippen molar-refractivity contribution >= 4 is 17.7 Å². The molecule has 0 saturated heterocycles. The quantitative estimate of drug-likeness (QED) is 0.640. The van der Waals surface area contributed by atoms with Gasteiger partial charge in [0.25, 0.3) is 0 Å². The maximum Gasteiger partial charge on any atom is 0.316 e. The maximum absolute atomic E-state index is 11.2. The number of nitrogens with zero attached hydrogens (tertiary/aromatic N) is 3. The highest BCUT2D eigenvalue weighted by atomic mass is 32.2. The molecule has 0 amide bonds. The molecule has 1 aromatic heterocycles. The van der Waals surface area contributed by atoms with Gasteiger partial charge < -0.3 is 9.84 Å². The summed E-state index contributed by atoms with van der Waals surface area (Å²) in [6.07, 6.45) is 0. The zero-order valence-electron chi connectivity index (χ0n) is 14.5. The topological polar surface area (TPSA) is 77.2 Å². The van der Waals surface area contributed by atoms with Gasteiger partial charge >= 0.3 is 5.97 Å². The number of hydrogen-bond acceptors (Lipinski definition) is 5. The molecule has 0 aliphatic carbocycles. The Bertz CT molecular complexity index is 879. The molecule has 7 heteroatoms. The molecule has 1 atom stereocenters. The van der Waals surface area contributed by atoms with Gasteiger partial charge in [-0.1, -0.05) is 47.7 Å². The van der Waals surface area contributed by atoms with Crippen LogP contribution in [0.1, 0.15) is 18.3 Å². The van der Waals surface area contributed by atoms with E-state index in [0.29, 0.717) is 11.0 Å². The van der Waals surface area contributed by atoms with Crippen LogP contribution in [0.2, 0.25) is 0 Å². The summed E-state index contributed by atoms with van der Waals surface area (Å²) in [5.74, 6) is 0.451. The van der Waals surface area contributed by atoms with Gasteiger partial charge in [-0.05, 0) is 38.1 Å². The lowest BCUT2D eigenvalue weighted by molar-refractivity contribution is -0.136. The lowest BCUT2D eigenvalue weighted by Gasteiger charge is -2.12. The summed E-state index contributed by atoms with van der Waals surface area (Å²) in [7, 11) is 0. The van der Waals surface area contributed by atoms with E-state index in [-0.39, 0.29) is 6.61 Å². The molecule has 1 heterocycles. The summed E-state index contributed by atoms with van der Waals surface area (Å²) >= 11 is 1.15. The van der Waals surface area contributed by atoms with Crippen molar-refractivity contribution in [3.63, 3.8) is 0 Å². The van der Waals surface area contributed by atoms with Gasteiger partial charge in [-0.15, -0.1) is 10.2 Å². The van der Waals surface area contributed by atoms with Gasteiger partial charge in [0.05, 0.1) is 0 Å². The average molecular weight is 369 g/mol. The van der Waals surface area contributed by atoms with Gasteiger partial charge in [0.15, 0.2) is 11.0 Å². The van der Waals surface area contributed by atoms with Crippen LogP contribution in [0.4, 0.5) is 0 Å². The number of carboxylic acid groups (broad SMARTS) is 1. The number of rotatable bonds is 7. The molecule has 1 N–H and O–H groups in total. The second kappa shape index (κ2) is 8.05. The Hall–Kier alpha value is -2.80. The van der Waals surface area contributed by atoms with Crippen LogP contribution in [0.15, 0.2) is 59.8 Å². The van der Waals surface area contributed by atoms with E-state index in [1.54, 1.807) is 6.92 Å². The van der Waals surface area contributed by atoms with E-state index in [1.807, 2.05) is 66.1 Å². The summed E-state index contributed by atoms with van der Waals surface area (Å²) in [5.41, 5.74) is 2.00. The van der Waals surface area contributed by atoms with Gasteiger partial charge in [-0.25, -0.2) is 0 Å². The van der Waals surface area contributed by atoms with E-state index in [9.17, 15) is 9.90 Å². The third-order valence-corrected chi connectivity index (χ3v) is 4.76. The van der Waals surface area contributed by atoms with E-state index >= 15 is 0 Å². The van der Waals surface area contributed by atoms with Crippen molar-refractivity contribution in [2.45, 2.75) is 30.9 Å². The molecule has 0 saturated carbocycles. The van der Waals surface area contributed by atoms with Gasteiger partial charge in [-0.2, -0.15) is 0 Å². The van der Waals surface area contributed by atoms with Gasteiger partial charge in [0.2, 0.25) is 0 Å². The lowest BCUT2D eigenvalue weighted by Crippen LogP contribution is -2.13. The number of thioether (sulfide) groups is 1. The summed E-state index contributed by atoms with van der Waals surface area (Å²) in [4.78, 5) is 11.2. The van der Waals surface area contributed by atoms with Gasteiger partial charge in [-0.3, -0.25) is 9.36 Å². The number of para-hydroxylation sites is 1. The minimum absolute atomic E-state index is 0.229. The maximum atomic E-state index is 11.2. The van der Waals surface area contributed by atoms with Crippen LogP contribution in [0.5, 0.6) is 5.75 Å². The Labute approximate surface area is 155 Å². The molecular formula is C19H19N3O3S. The van der Waals surface area contributed by atoms with Crippen LogP contribution in [-0.2, 0) is 11.4 Å². The Morgan fingerprint density at radius 2 is 1.85 bits per heavy atom. The first kappa shape index (κ1) is 18.0. The van der Waals surface area contributed by atoms with Crippen molar-refractivity contribution in [1.29, 1.82) is 0 Å². The molecule has 134 valence electrons. The SMILES string of the molecule is Cc1ccc(-n2c(COc3ccccc3)nnc2SC(C)C(=O)O)cc1. The largest absolute Gasteiger partial charge is 0.486 e. The molecule has 0 radical (unpaired) electrons. The summed E-state index contributed by atoms with van der Waals surface area (Å²) < 4.78 is 7.63. The van der Waals surface area contributed by atoms with Crippen molar-refractivity contribution in [3.05, 3.63) is 66.0 Å². The average Bonchev–Trinajstić information content (AvgIpc) is 3.04. The number of ether oxygens (including phenoxy) is 1. The highest BCUT2D eigenvalue weighted by Gasteiger charge is 2.20. The molecule has 1 unspecified atom stereocenters. The molecule has 0 bridgehead atoms. The fourth-order valence-electron chi connectivity index (χ4n) is 2.30. The smallest absolute Gasteiger partial charge is 0.316 e.